The number of cyclic esters (lactones) is 1. The molecule has 120 valence electrons. The number of hydrogen-bond acceptors (Lipinski definition) is 5. The monoisotopic (exact) mass is 346 g/mol. The molecule has 0 radical (unpaired) electrons. The maximum Gasteiger partial charge on any atom is 0.363 e. The number of benzene rings is 2. The van der Waals surface area contributed by atoms with Crippen LogP contribution in [0.2, 0.25) is 5.02 Å². The average molecular weight is 347 g/mol. The van der Waals surface area contributed by atoms with Crippen molar-refractivity contribution >= 4 is 35.2 Å². The van der Waals surface area contributed by atoms with Crippen LogP contribution in [0.5, 0.6) is 0 Å². The number of esters is 1. The summed E-state index contributed by atoms with van der Waals surface area (Å²) < 4.78 is 18.7. The molecule has 0 spiro atoms. The minimum absolute atomic E-state index is 0.108. The summed E-state index contributed by atoms with van der Waals surface area (Å²) in [5.74, 6) is -1.48. The van der Waals surface area contributed by atoms with E-state index in [2.05, 4.69) is 4.99 Å². The van der Waals surface area contributed by atoms with Gasteiger partial charge >= 0.3 is 5.97 Å². The van der Waals surface area contributed by atoms with E-state index in [0.717, 1.165) is 6.07 Å². The Bertz CT molecular complexity index is 924. The molecule has 0 fully saturated rings. The van der Waals surface area contributed by atoms with E-state index in [0.29, 0.717) is 0 Å². The average Bonchev–Trinajstić information content (AvgIpc) is 2.90. The summed E-state index contributed by atoms with van der Waals surface area (Å²) in [5, 5.41) is 11.0. The van der Waals surface area contributed by atoms with Crippen molar-refractivity contribution in [3.63, 3.8) is 0 Å². The lowest BCUT2D eigenvalue weighted by Crippen LogP contribution is -2.06. The van der Waals surface area contributed by atoms with Gasteiger partial charge < -0.3 is 4.74 Å². The SMILES string of the molecule is O=C1OC(c2cc([N+](=O)[O-])ccc2Cl)=N/C1=C\c1ccccc1F. The van der Waals surface area contributed by atoms with Crippen molar-refractivity contribution in [3.8, 4) is 0 Å². The molecule has 2 aromatic carbocycles. The zero-order valence-corrected chi connectivity index (χ0v) is 12.7. The van der Waals surface area contributed by atoms with Gasteiger partial charge in [-0.1, -0.05) is 29.8 Å². The summed E-state index contributed by atoms with van der Waals surface area (Å²) in [4.78, 5) is 26.1. The minimum atomic E-state index is -0.796. The van der Waals surface area contributed by atoms with Crippen LogP contribution in [0.25, 0.3) is 6.08 Å². The van der Waals surface area contributed by atoms with E-state index in [9.17, 15) is 19.3 Å². The maximum atomic E-state index is 13.7. The van der Waals surface area contributed by atoms with Crippen LogP contribution in [0.15, 0.2) is 53.2 Å². The van der Waals surface area contributed by atoms with Crippen LogP contribution in [0.1, 0.15) is 11.1 Å². The molecule has 0 bridgehead atoms. The quantitative estimate of drug-likeness (QED) is 0.367. The molecule has 8 heteroatoms. The number of ether oxygens (including phenoxy) is 1. The largest absolute Gasteiger partial charge is 0.402 e. The van der Waals surface area contributed by atoms with Crippen LogP contribution < -0.4 is 0 Å². The van der Waals surface area contributed by atoms with Crippen LogP contribution in [0.3, 0.4) is 0 Å². The van der Waals surface area contributed by atoms with Crippen molar-refractivity contribution in [1.29, 1.82) is 0 Å². The van der Waals surface area contributed by atoms with Crippen LogP contribution in [0, 0.1) is 15.9 Å². The number of nitro groups is 1. The van der Waals surface area contributed by atoms with Crippen molar-refractivity contribution in [2.45, 2.75) is 0 Å². The standard InChI is InChI=1S/C16H8ClFN2O4/c17-12-6-5-10(20(22)23)8-11(12)15-19-14(16(21)24-15)7-9-3-1-2-4-13(9)18/h1-8H/b14-7-. The normalized spacial score (nSPS) is 15.3. The predicted octanol–water partition coefficient (Wildman–Crippen LogP) is 3.73. The molecule has 0 unspecified atom stereocenters. The summed E-state index contributed by atoms with van der Waals surface area (Å²) in [7, 11) is 0. The number of carbonyl (C=O) groups is 1. The van der Waals surface area contributed by atoms with Crippen molar-refractivity contribution in [1.82, 2.24) is 0 Å². The molecule has 24 heavy (non-hydrogen) atoms. The lowest BCUT2D eigenvalue weighted by Gasteiger charge is -2.02. The molecule has 0 amide bonds. The second kappa shape index (κ2) is 6.21. The van der Waals surface area contributed by atoms with E-state index in [-0.39, 0.29) is 33.4 Å². The lowest BCUT2D eigenvalue weighted by molar-refractivity contribution is -0.384. The highest BCUT2D eigenvalue weighted by Gasteiger charge is 2.27. The molecular formula is C16H8ClFN2O4. The van der Waals surface area contributed by atoms with Gasteiger partial charge in [-0.3, -0.25) is 10.1 Å². The number of nitrogens with zero attached hydrogens (tertiary/aromatic N) is 2. The molecule has 0 N–H and O–H groups in total. The highest BCUT2D eigenvalue weighted by Crippen LogP contribution is 2.27. The zero-order valence-electron chi connectivity index (χ0n) is 11.9. The lowest BCUT2D eigenvalue weighted by atomic mass is 10.2. The van der Waals surface area contributed by atoms with E-state index in [1.807, 2.05) is 0 Å². The Kier molecular flexibility index (Phi) is 4.09. The fourth-order valence-corrected chi connectivity index (χ4v) is 2.25. The second-order valence-electron chi connectivity index (χ2n) is 4.78. The zero-order chi connectivity index (χ0) is 17.3. The first-order valence-corrected chi connectivity index (χ1v) is 7.05. The molecule has 1 aliphatic rings. The van der Waals surface area contributed by atoms with Gasteiger partial charge in [-0.2, -0.15) is 0 Å². The van der Waals surface area contributed by atoms with E-state index >= 15 is 0 Å². The fourth-order valence-electron chi connectivity index (χ4n) is 2.05. The van der Waals surface area contributed by atoms with Gasteiger partial charge in [0.25, 0.3) is 5.69 Å². The molecule has 0 saturated carbocycles. The second-order valence-corrected chi connectivity index (χ2v) is 5.19. The third kappa shape index (κ3) is 3.02. The molecule has 0 saturated heterocycles. The number of aliphatic imine (C=N–C) groups is 1. The number of nitro benzene ring substituents is 1. The van der Waals surface area contributed by atoms with Crippen LogP contribution in [-0.2, 0) is 9.53 Å². The maximum absolute atomic E-state index is 13.7. The van der Waals surface area contributed by atoms with Crippen LogP contribution >= 0.6 is 11.6 Å². The molecule has 1 heterocycles. The van der Waals surface area contributed by atoms with Gasteiger partial charge in [-0.05, 0) is 18.2 Å². The van der Waals surface area contributed by atoms with Crippen molar-refractivity contribution < 1.29 is 18.8 Å². The Hall–Kier alpha value is -3.06. The van der Waals surface area contributed by atoms with E-state index in [4.69, 9.17) is 16.3 Å². The van der Waals surface area contributed by atoms with Crippen molar-refractivity contribution in [2.75, 3.05) is 0 Å². The van der Waals surface area contributed by atoms with E-state index in [1.54, 1.807) is 6.07 Å². The molecular weight excluding hydrogens is 339 g/mol. The van der Waals surface area contributed by atoms with Gasteiger partial charge in [-0.25, -0.2) is 14.2 Å². The predicted molar refractivity (Wildman–Crippen MR) is 85.1 cm³/mol. The molecule has 3 rings (SSSR count). The van der Waals surface area contributed by atoms with Crippen LogP contribution in [-0.4, -0.2) is 16.8 Å². The molecule has 2 aromatic rings. The highest BCUT2D eigenvalue weighted by molar-refractivity contribution is 6.34. The van der Waals surface area contributed by atoms with Crippen LogP contribution in [0.4, 0.5) is 10.1 Å². The Morgan fingerprint density at radius 2 is 2.00 bits per heavy atom. The number of halogens is 2. The number of carbonyl (C=O) groups excluding carboxylic acids is 1. The summed E-state index contributed by atoms with van der Waals surface area (Å²) >= 11 is 5.99. The van der Waals surface area contributed by atoms with Gasteiger partial charge in [-0.15, -0.1) is 0 Å². The van der Waals surface area contributed by atoms with Gasteiger partial charge in [0.2, 0.25) is 5.90 Å². The topological polar surface area (TPSA) is 81.8 Å². The van der Waals surface area contributed by atoms with E-state index < -0.39 is 16.7 Å². The van der Waals surface area contributed by atoms with Gasteiger partial charge in [0.1, 0.15) is 5.82 Å². The van der Waals surface area contributed by atoms with Gasteiger partial charge in [0.15, 0.2) is 5.70 Å². The number of non-ortho nitro benzene ring substituents is 1. The Labute approximate surface area is 140 Å². The Morgan fingerprint density at radius 1 is 1.25 bits per heavy atom. The summed E-state index contributed by atoms with van der Waals surface area (Å²) in [6.45, 7) is 0. The first kappa shape index (κ1) is 15.8. The fraction of sp³-hybridized carbons (Fsp3) is 0. The first-order chi connectivity index (χ1) is 11.5. The summed E-state index contributed by atoms with van der Waals surface area (Å²) in [6.07, 6.45) is 1.23. The third-order valence-electron chi connectivity index (χ3n) is 3.21. The van der Waals surface area contributed by atoms with E-state index in [1.165, 1.54) is 36.4 Å². The molecule has 1 aliphatic heterocycles. The van der Waals surface area contributed by atoms with Gasteiger partial charge in [0, 0.05) is 17.7 Å². The van der Waals surface area contributed by atoms with Gasteiger partial charge in [0.05, 0.1) is 15.5 Å². The Morgan fingerprint density at radius 3 is 2.71 bits per heavy atom. The molecule has 0 aromatic heterocycles. The molecule has 0 aliphatic carbocycles. The minimum Gasteiger partial charge on any atom is -0.402 e. The number of hydrogen-bond donors (Lipinski definition) is 0. The molecule has 0 atom stereocenters. The summed E-state index contributed by atoms with van der Waals surface area (Å²) in [5.41, 5.74) is -0.0758. The van der Waals surface area contributed by atoms with Crippen molar-refractivity contribution in [2.24, 2.45) is 4.99 Å². The smallest absolute Gasteiger partial charge is 0.363 e. The molecule has 6 nitrogen and oxygen atoms in total. The third-order valence-corrected chi connectivity index (χ3v) is 3.54. The first-order valence-electron chi connectivity index (χ1n) is 6.67. The number of rotatable bonds is 3. The Balaban J connectivity index is 2.03. The summed E-state index contributed by atoms with van der Waals surface area (Å²) in [6, 6.07) is 9.53. The van der Waals surface area contributed by atoms with Crippen molar-refractivity contribution in [3.05, 3.63) is 80.2 Å². The highest BCUT2D eigenvalue weighted by atomic mass is 35.5.